The van der Waals surface area contributed by atoms with Crippen LogP contribution in [0.25, 0.3) is 0 Å². The second-order valence-corrected chi connectivity index (χ2v) is 5.15. The van der Waals surface area contributed by atoms with E-state index in [2.05, 4.69) is 43.4 Å². The van der Waals surface area contributed by atoms with E-state index in [0.29, 0.717) is 17.9 Å². The number of hydrogen-bond acceptors (Lipinski definition) is 2. The number of benzene rings is 1. The maximum Gasteiger partial charge on any atom is 0.0440 e. The van der Waals surface area contributed by atoms with E-state index in [0.717, 1.165) is 0 Å². The van der Waals surface area contributed by atoms with Crippen molar-refractivity contribution in [1.29, 1.82) is 0 Å². The third-order valence-electron chi connectivity index (χ3n) is 3.87. The monoisotopic (exact) mass is 238 g/mol. The maximum atomic E-state index is 6.30. The predicted molar refractivity (Wildman–Crippen MR) is 71.9 cm³/mol. The largest absolute Gasteiger partial charge is 0.380 e. The number of hydrogen-bond donors (Lipinski definition) is 2. The van der Waals surface area contributed by atoms with Crippen LogP contribution in [-0.4, -0.2) is 12.1 Å². The quantitative estimate of drug-likeness (QED) is 0.831. The van der Waals surface area contributed by atoms with Gasteiger partial charge >= 0.3 is 0 Å². The predicted octanol–water partition coefficient (Wildman–Crippen LogP) is 3.01. The lowest BCUT2D eigenvalue weighted by Crippen LogP contribution is -2.51. The molecule has 17 heavy (non-hydrogen) atoms. The molecule has 0 saturated heterocycles. The zero-order valence-corrected chi connectivity index (χ0v) is 10.6. The van der Waals surface area contributed by atoms with Crippen molar-refractivity contribution in [1.82, 2.24) is 0 Å². The summed E-state index contributed by atoms with van der Waals surface area (Å²) in [4.78, 5) is 0. The fourth-order valence-electron chi connectivity index (χ4n) is 2.60. The first-order valence-electron chi connectivity index (χ1n) is 6.25. The van der Waals surface area contributed by atoms with Crippen LogP contribution in [0.1, 0.15) is 26.7 Å². The second kappa shape index (κ2) is 6.01. The van der Waals surface area contributed by atoms with Crippen molar-refractivity contribution >= 4 is 5.69 Å². The van der Waals surface area contributed by atoms with Crippen LogP contribution >= 0.6 is 0 Å². The normalized spacial score (nSPS) is 32.6. The Bertz CT molecular complexity index is 328. The van der Waals surface area contributed by atoms with Gasteiger partial charge in [0.15, 0.2) is 0 Å². The fourth-order valence-corrected chi connectivity index (χ4v) is 2.60. The summed E-state index contributed by atoms with van der Waals surface area (Å²) in [5.74, 6) is 1.28. The molecule has 4 atom stereocenters. The fraction of sp³-hybridized carbons (Fsp3) is 0.571. The van der Waals surface area contributed by atoms with Crippen LogP contribution < -0.4 is 11.1 Å². The highest BCUT2D eigenvalue weighted by atomic mass is 19.0. The molecule has 1 aliphatic rings. The molecule has 2 rings (SSSR count). The average molecular weight is 238 g/mol. The summed E-state index contributed by atoms with van der Waals surface area (Å²) in [6, 6.07) is 11.1. The highest BCUT2D eigenvalue weighted by Crippen LogP contribution is 2.29. The molecule has 1 saturated carbocycles. The molecule has 0 bridgehead atoms. The first-order valence-corrected chi connectivity index (χ1v) is 6.25. The first kappa shape index (κ1) is 14.0. The lowest BCUT2D eigenvalue weighted by Gasteiger charge is -2.39. The molecule has 1 fully saturated rings. The van der Waals surface area contributed by atoms with Gasteiger partial charge in [0, 0.05) is 17.8 Å². The van der Waals surface area contributed by atoms with Crippen LogP contribution in [0.3, 0.4) is 0 Å². The maximum absolute atomic E-state index is 6.30. The molecule has 0 amide bonds. The summed E-state index contributed by atoms with van der Waals surface area (Å²) in [6.45, 7) is 4.56. The minimum atomic E-state index is 0. The van der Waals surface area contributed by atoms with E-state index in [1.165, 1.54) is 18.5 Å². The molecule has 0 heterocycles. The van der Waals surface area contributed by atoms with Gasteiger partial charge in [0.25, 0.3) is 0 Å². The van der Waals surface area contributed by atoms with Gasteiger partial charge in [-0.05, 0) is 36.8 Å². The summed E-state index contributed by atoms with van der Waals surface area (Å²) >= 11 is 0. The Labute approximate surface area is 103 Å². The molecule has 96 valence electrons. The molecule has 1 aromatic rings. The number of nitrogens with two attached hydrogens (primary N) is 1. The summed E-state index contributed by atoms with van der Waals surface area (Å²) in [7, 11) is 0. The summed E-state index contributed by atoms with van der Waals surface area (Å²) in [5, 5.41) is 3.59. The minimum Gasteiger partial charge on any atom is -0.380 e. The number of para-hydroxylation sites is 1. The molecule has 2 nitrogen and oxygen atoms in total. The van der Waals surface area contributed by atoms with Crippen molar-refractivity contribution in [2.45, 2.75) is 38.8 Å². The molecule has 4 unspecified atom stereocenters. The molecule has 3 N–H and O–H groups in total. The zero-order valence-electron chi connectivity index (χ0n) is 10.6. The van der Waals surface area contributed by atoms with Crippen LogP contribution in [0.2, 0.25) is 0 Å². The van der Waals surface area contributed by atoms with Crippen molar-refractivity contribution in [3.05, 3.63) is 30.3 Å². The van der Waals surface area contributed by atoms with Gasteiger partial charge in [0.2, 0.25) is 0 Å². The summed E-state index contributed by atoms with van der Waals surface area (Å²) in [6.07, 6.45) is 2.54. The number of nitrogens with one attached hydrogen (secondary N) is 1. The van der Waals surface area contributed by atoms with Crippen LogP contribution in [-0.2, 0) is 0 Å². The number of rotatable bonds is 2. The van der Waals surface area contributed by atoms with E-state index in [9.17, 15) is 0 Å². The van der Waals surface area contributed by atoms with E-state index in [1.54, 1.807) is 0 Å². The highest BCUT2D eigenvalue weighted by molar-refractivity contribution is 5.44. The minimum absolute atomic E-state index is 0. The molecule has 0 spiro atoms. The molecular weight excluding hydrogens is 215 g/mol. The van der Waals surface area contributed by atoms with E-state index >= 15 is 0 Å². The van der Waals surface area contributed by atoms with Crippen molar-refractivity contribution in [2.24, 2.45) is 17.6 Å². The third-order valence-corrected chi connectivity index (χ3v) is 3.87. The van der Waals surface area contributed by atoms with Crippen molar-refractivity contribution in [3.63, 3.8) is 0 Å². The standard InChI is InChI=1S/C14H22N2.FH/c1-10-8-9-11(2)14(13(10)15)16-12-6-4-3-5-7-12;/h3-7,10-11,13-14,16H,8-9,15H2,1-2H3;1H. The van der Waals surface area contributed by atoms with Gasteiger partial charge in [-0.2, -0.15) is 0 Å². The van der Waals surface area contributed by atoms with Gasteiger partial charge in [-0.25, -0.2) is 0 Å². The molecule has 1 aliphatic carbocycles. The number of anilines is 1. The van der Waals surface area contributed by atoms with Gasteiger partial charge in [-0.1, -0.05) is 32.0 Å². The summed E-state index contributed by atoms with van der Waals surface area (Å²) in [5.41, 5.74) is 7.48. The van der Waals surface area contributed by atoms with Crippen LogP contribution in [0.4, 0.5) is 10.4 Å². The highest BCUT2D eigenvalue weighted by Gasteiger charge is 2.32. The Kier molecular flexibility index (Phi) is 4.94. The topological polar surface area (TPSA) is 38.0 Å². The Morgan fingerprint density at radius 1 is 1.06 bits per heavy atom. The van der Waals surface area contributed by atoms with Crippen LogP contribution in [0.5, 0.6) is 0 Å². The Morgan fingerprint density at radius 3 is 2.29 bits per heavy atom. The molecule has 0 radical (unpaired) electrons. The van der Waals surface area contributed by atoms with Crippen LogP contribution in [0, 0.1) is 11.8 Å². The Hall–Kier alpha value is -1.09. The lowest BCUT2D eigenvalue weighted by atomic mass is 9.76. The van der Waals surface area contributed by atoms with E-state index in [-0.39, 0.29) is 10.7 Å². The molecule has 0 aromatic heterocycles. The molecule has 0 aliphatic heterocycles. The summed E-state index contributed by atoms with van der Waals surface area (Å²) < 4.78 is 0. The molecular formula is C14H23FN2. The smallest absolute Gasteiger partial charge is 0.0440 e. The second-order valence-electron chi connectivity index (χ2n) is 5.15. The van der Waals surface area contributed by atoms with Crippen molar-refractivity contribution < 1.29 is 4.70 Å². The van der Waals surface area contributed by atoms with Gasteiger partial charge in [0.05, 0.1) is 0 Å². The van der Waals surface area contributed by atoms with Gasteiger partial charge in [-0.15, -0.1) is 0 Å². The van der Waals surface area contributed by atoms with Gasteiger partial charge < -0.3 is 11.1 Å². The lowest BCUT2D eigenvalue weighted by molar-refractivity contribution is 0.241. The first-order chi connectivity index (χ1) is 7.68. The van der Waals surface area contributed by atoms with Gasteiger partial charge in [0.1, 0.15) is 0 Å². The SMILES string of the molecule is CC1CCC(C)C(Nc2ccccc2)C1N.F. The molecule has 3 heteroatoms. The third kappa shape index (κ3) is 3.19. The van der Waals surface area contributed by atoms with Crippen molar-refractivity contribution in [3.8, 4) is 0 Å². The Morgan fingerprint density at radius 2 is 1.65 bits per heavy atom. The van der Waals surface area contributed by atoms with E-state index < -0.39 is 0 Å². The Balaban J connectivity index is 0.00000144. The van der Waals surface area contributed by atoms with E-state index in [1.807, 2.05) is 6.07 Å². The van der Waals surface area contributed by atoms with Crippen molar-refractivity contribution in [2.75, 3.05) is 5.32 Å². The zero-order chi connectivity index (χ0) is 11.5. The number of halogens is 1. The average Bonchev–Trinajstić information content (AvgIpc) is 2.31. The van der Waals surface area contributed by atoms with E-state index in [4.69, 9.17) is 5.73 Å². The molecule has 1 aromatic carbocycles. The van der Waals surface area contributed by atoms with Gasteiger partial charge in [-0.3, -0.25) is 4.70 Å². The van der Waals surface area contributed by atoms with Crippen LogP contribution in [0.15, 0.2) is 30.3 Å².